The minimum absolute atomic E-state index is 0.0210. The zero-order chi connectivity index (χ0) is 15.2. The maximum absolute atomic E-state index is 11.9. The van der Waals surface area contributed by atoms with E-state index < -0.39 is 11.5 Å². The average molecular weight is 279 g/mol. The fraction of sp³-hybridized carbons (Fsp3) is 0.500. The van der Waals surface area contributed by atoms with Crippen LogP contribution in [0.4, 0.5) is 4.79 Å². The number of nitrogens with one attached hydrogen (secondary N) is 2. The maximum atomic E-state index is 11.9. The highest BCUT2D eigenvalue weighted by Crippen LogP contribution is 2.13. The van der Waals surface area contributed by atoms with Gasteiger partial charge >= 0.3 is 12.0 Å². The van der Waals surface area contributed by atoms with Gasteiger partial charge in [-0.15, -0.1) is 0 Å². The molecule has 0 aliphatic carbocycles. The first kappa shape index (κ1) is 15.9. The third-order valence-electron chi connectivity index (χ3n) is 2.97. The topological polar surface area (TPSA) is 91.3 Å². The number of carbonyl (C=O) groups is 2. The largest absolute Gasteiger partial charge is 0.481 e. The molecule has 0 bridgehead atoms. The van der Waals surface area contributed by atoms with Crippen LogP contribution in [0.25, 0.3) is 0 Å². The van der Waals surface area contributed by atoms with E-state index in [0.29, 0.717) is 6.42 Å². The summed E-state index contributed by atoms with van der Waals surface area (Å²) in [6.45, 7) is 5.47. The number of carboxylic acids is 1. The van der Waals surface area contributed by atoms with E-state index in [2.05, 4.69) is 15.6 Å². The molecule has 0 saturated carbocycles. The number of rotatable bonds is 6. The van der Waals surface area contributed by atoms with E-state index in [1.165, 1.54) is 0 Å². The molecule has 0 spiro atoms. The van der Waals surface area contributed by atoms with Crippen LogP contribution < -0.4 is 10.6 Å². The molecule has 3 N–H and O–H groups in total. The zero-order valence-corrected chi connectivity index (χ0v) is 12.0. The highest BCUT2D eigenvalue weighted by Gasteiger charge is 2.22. The predicted octanol–water partition coefficient (Wildman–Crippen LogP) is 2.09. The van der Waals surface area contributed by atoms with Gasteiger partial charge in [-0.3, -0.25) is 9.78 Å². The highest BCUT2D eigenvalue weighted by atomic mass is 16.4. The lowest BCUT2D eigenvalue weighted by molar-refractivity contribution is -0.137. The SMILES string of the molecule is CC(NC(=O)NC(C)(C)CCC(=O)O)c1ccncc1. The number of carbonyl (C=O) groups excluding carboxylic acids is 1. The Morgan fingerprint density at radius 3 is 2.50 bits per heavy atom. The van der Waals surface area contributed by atoms with Crippen LogP contribution in [0.2, 0.25) is 0 Å². The van der Waals surface area contributed by atoms with E-state index in [9.17, 15) is 9.59 Å². The van der Waals surface area contributed by atoms with Crippen molar-refractivity contribution in [1.29, 1.82) is 0 Å². The Morgan fingerprint density at radius 1 is 1.35 bits per heavy atom. The molecule has 0 aromatic carbocycles. The molecule has 1 aromatic rings. The van der Waals surface area contributed by atoms with Crippen LogP contribution >= 0.6 is 0 Å². The summed E-state index contributed by atoms with van der Waals surface area (Å²) in [5.41, 5.74) is 0.388. The van der Waals surface area contributed by atoms with Crippen LogP contribution in [0.3, 0.4) is 0 Å². The van der Waals surface area contributed by atoms with E-state index in [1.807, 2.05) is 19.1 Å². The molecule has 1 rings (SSSR count). The van der Waals surface area contributed by atoms with Gasteiger partial charge in [0.25, 0.3) is 0 Å². The van der Waals surface area contributed by atoms with Crippen molar-refractivity contribution >= 4 is 12.0 Å². The third kappa shape index (κ3) is 5.69. The molecule has 1 unspecified atom stereocenters. The molecule has 0 aliphatic heterocycles. The highest BCUT2D eigenvalue weighted by molar-refractivity contribution is 5.75. The molecule has 6 nitrogen and oxygen atoms in total. The van der Waals surface area contributed by atoms with Gasteiger partial charge in [0, 0.05) is 24.4 Å². The minimum Gasteiger partial charge on any atom is -0.481 e. The number of amides is 2. The first-order valence-electron chi connectivity index (χ1n) is 6.50. The normalized spacial score (nSPS) is 12.6. The van der Waals surface area contributed by atoms with E-state index in [0.717, 1.165) is 5.56 Å². The van der Waals surface area contributed by atoms with E-state index in [-0.39, 0.29) is 18.5 Å². The van der Waals surface area contributed by atoms with E-state index in [4.69, 9.17) is 5.11 Å². The Labute approximate surface area is 118 Å². The number of hydrogen-bond acceptors (Lipinski definition) is 3. The quantitative estimate of drug-likeness (QED) is 0.743. The second-order valence-corrected chi connectivity index (χ2v) is 5.38. The van der Waals surface area contributed by atoms with Gasteiger partial charge in [-0.05, 0) is 44.9 Å². The van der Waals surface area contributed by atoms with Gasteiger partial charge in [-0.25, -0.2) is 4.79 Å². The van der Waals surface area contributed by atoms with E-state index in [1.54, 1.807) is 26.2 Å². The molecule has 0 saturated heterocycles. The molecule has 110 valence electrons. The van der Waals surface area contributed by atoms with Gasteiger partial charge in [-0.1, -0.05) is 0 Å². The molecule has 1 atom stereocenters. The Hall–Kier alpha value is -2.11. The number of aromatic nitrogens is 1. The summed E-state index contributed by atoms with van der Waals surface area (Å²) in [4.78, 5) is 26.4. The van der Waals surface area contributed by atoms with Crippen LogP contribution in [0.1, 0.15) is 45.2 Å². The van der Waals surface area contributed by atoms with Gasteiger partial charge < -0.3 is 15.7 Å². The van der Waals surface area contributed by atoms with Crippen LogP contribution in [0.15, 0.2) is 24.5 Å². The summed E-state index contributed by atoms with van der Waals surface area (Å²) < 4.78 is 0. The lowest BCUT2D eigenvalue weighted by atomic mass is 9.99. The van der Waals surface area contributed by atoms with Crippen molar-refractivity contribution < 1.29 is 14.7 Å². The Balaban J connectivity index is 2.48. The molecule has 2 amide bonds. The molecule has 6 heteroatoms. The fourth-order valence-electron chi connectivity index (χ4n) is 1.76. The second kappa shape index (κ2) is 6.88. The van der Waals surface area contributed by atoms with Gasteiger partial charge in [0.2, 0.25) is 0 Å². The predicted molar refractivity (Wildman–Crippen MR) is 75.3 cm³/mol. The molecule has 0 radical (unpaired) electrons. The van der Waals surface area contributed by atoms with Crippen molar-refractivity contribution in [3.63, 3.8) is 0 Å². The number of hydrogen-bond donors (Lipinski definition) is 3. The Bertz CT molecular complexity index is 460. The maximum Gasteiger partial charge on any atom is 0.315 e. The average Bonchev–Trinajstić information content (AvgIpc) is 2.37. The minimum atomic E-state index is -0.870. The molecular formula is C14H21N3O3. The summed E-state index contributed by atoms with van der Waals surface area (Å²) in [6.07, 6.45) is 3.73. The first-order valence-corrected chi connectivity index (χ1v) is 6.50. The van der Waals surface area contributed by atoms with Crippen molar-refractivity contribution in [2.24, 2.45) is 0 Å². The van der Waals surface area contributed by atoms with Gasteiger partial charge in [0.15, 0.2) is 0 Å². The number of urea groups is 1. The molecule has 1 heterocycles. The Kier molecular flexibility index (Phi) is 5.49. The smallest absolute Gasteiger partial charge is 0.315 e. The number of pyridine rings is 1. The van der Waals surface area contributed by atoms with Crippen LogP contribution in [0, 0.1) is 0 Å². The van der Waals surface area contributed by atoms with Crippen LogP contribution in [-0.4, -0.2) is 27.6 Å². The second-order valence-electron chi connectivity index (χ2n) is 5.38. The zero-order valence-electron chi connectivity index (χ0n) is 12.0. The molecule has 0 fully saturated rings. The molecule has 1 aromatic heterocycles. The summed E-state index contributed by atoms with van der Waals surface area (Å²) in [5.74, 6) is -0.870. The fourth-order valence-corrected chi connectivity index (χ4v) is 1.76. The van der Waals surface area contributed by atoms with Crippen molar-refractivity contribution in [3.8, 4) is 0 Å². The third-order valence-corrected chi connectivity index (χ3v) is 2.97. The van der Waals surface area contributed by atoms with Crippen LogP contribution in [0.5, 0.6) is 0 Å². The van der Waals surface area contributed by atoms with Crippen molar-refractivity contribution in [2.75, 3.05) is 0 Å². The van der Waals surface area contributed by atoms with Gasteiger partial charge in [0.05, 0.1) is 6.04 Å². The van der Waals surface area contributed by atoms with Crippen molar-refractivity contribution in [3.05, 3.63) is 30.1 Å². The number of nitrogens with zero attached hydrogens (tertiary/aromatic N) is 1. The van der Waals surface area contributed by atoms with Gasteiger partial charge in [-0.2, -0.15) is 0 Å². The Morgan fingerprint density at radius 2 is 1.95 bits per heavy atom. The summed E-state index contributed by atoms with van der Waals surface area (Å²) >= 11 is 0. The van der Waals surface area contributed by atoms with Gasteiger partial charge in [0.1, 0.15) is 0 Å². The van der Waals surface area contributed by atoms with E-state index >= 15 is 0 Å². The number of aliphatic carboxylic acids is 1. The summed E-state index contributed by atoms with van der Waals surface area (Å²) in [7, 11) is 0. The standard InChI is InChI=1S/C14H21N3O3/c1-10(11-5-8-15-9-6-11)16-13(20)17-14(2,3)7-4-12(18)19/h5-6,8-10H,4,7H2,1-3H3,(H,18,19)(H2,16,17,20). The monoisotopic (exact) mass is 279 g/mol. The molecular weight excluding hydrogens is 258 g/mol. The van der Waals surface area contributed by atoms with Crippen molar-refractivity contribution in [1.82, 2.24) is 15.6 Å². The summed E-state index contributed by atoms with van der Waals surface area (Å²) in [5, 5.41) is 14.3. The summed E-state index contributed by atoms with van der Waals surface area (Å²) in [6, 6.07) is 3.21. The lowest BCUT2D eigenvalue weighted by Gasteiger charge is -2.27. The molecule has 0 aliphatic rings. The molecule has 20 heavy (non-hydrogen) atoms. The number of carboxylic acid groups (broad SMARTS) is 1. The first-order chi connectivity index (χ1) is 9.30. The van der Waals surface area contributed by atoms with Crippen molar-refractivity contribution in [2.45, 2.75) is 45.2 Å². The lowest BCUT2D eigenvalue weighted by Crippen LogP contribution is -2.49. The van der Waals surface area contributed by atoms with Crippen LogP contribution in [-0.2, 0) is 4.79 Å².